The molecule has 1 aliphatic rings. The van der Waals surface area contributed by atoms with E-state index < -0.39 is 11.8 Å². The molecule has 2 rings (SSSR count). The van der Waals surface area contributed by atoms with Gasteiger partial charge in [0.15, 0.2) is 0 Å². The number of carbonyl (C=O) groups excluding carboxylic acids is 3. The number of benzene rings is 1. The molecular formula is C15H15N3O3. The highest BCUT2D eigenvalue weighted by molar-refractivity contribution is 6.05. The Morgan fingerprint density at radius 2 is 2.00 bits per heavy atom. The molecule has 1 saturated heterocycles. The maximum absolute atomic E-state index is 12.3. The number of carbonyl (C=O) groups is 3. The van der Waals surface area contributed by atoms with Crippen LogP contribution in [0.25, 0.3) is 0 Å². The van der Waals surface area contributed by atoms with Crippen molar-refractivity contribution < 1.29 is 14.4 Å². The van der Waals surface area contributed by atoms with Gasteiger partial charge in [-0.25, -0.2) is 0 Å². The summed E-state index contributed by atoms with van der Waals surface area (Å²) in [6, 6.07) is 5.08. The summed E-state index contributed by atoms with van der Waals surface area (Å²) in [6.07, 6.45) is 0. The van der Waals surface area contributed by atoms with Crippen molar-refractivity contribution in [3.8, 4) is 11.8 Å². The first-order chi connectivity index (χ1) is 10.0. The van der Waals surface area contributed by atoms with Gasteiger partial charge in [-0.15, -0.1) is 0 Å². The second-order valence-electron chi connectivity index (χ2n) is 4.67. The number of hydrogen-bond donors (Lipinski definition) is 2. The Hall–Kier alpha value is -2.65. The van der Waals surface area contributed by atoms with Crippen molar-refractivity contribution in [1.82, 2.24) is 10.2 Å². The smallest absolute Gasteiger partial charge is 0.254 e. The predicted molar refractivity (Wildman–Crippen MR) is 76.2 cm³/mol. The standard InChI is InChI=1S/C15H15N3O3/c1-10-4-5-12(7-11(10)3-2-6-16)15(21)18-8-13(19)17-14(20)9-18/h4-5,7H,6,8-9,16H2,1H3,(H,17,19,20). The van der Waals surface area contributed by atoms with Gasteiger partial charge in [0.05, 0.1) is 6.54 Å². The van der Waals surface area contributed by atoms with E-state index in [-0.39, 0.29) is 25.5 Å². The fourth-order valence-corrected chi connectivity index (χ4v) is 2.00. The molecule has 1 heterocycles. The van der Waals surface area contributed by atoms with Crippen LogP contribution in [0.3, 0.4) is 0 Å². The number of nitrogens with one attached hydrogen (secondary N) is 1. The van der Waals surface area contributed by atoms with E-state index in [1.165, 1.54) is 4.90 Å². The molecule has 1 aromatic carbocycles. The van der Waals surface area contributed by atoms with Crippen molar-refractivity contribution in [2.45, 2.75) is 6.92 Å². The van der Waals surface area contributed by atoms with Crippen LogP contribution >= 0.6 is 0 Å². The maximum Gasteiger partial charge on any atom is 0.254 e. The largest absolute Gasteiger partial charge is 0.320 e. The first-order valence-electron chi connectivity index (χ1n) is 6.43. The fraction of sp³-hybridized carbons (Fsp3) is 0.267. The average molecular weight is 285 g/mol. The first-order valence-corrected chi connectivity index (χ1v) is 6.43. The van der Waals surface area contributed by atoms with E-state index in [9.17, 15) is 14.4 Å². The molecule has 0 atom stereocenters. The molecule has 1 aromatic rings. The van der Waals surface area contributed by atoms with Crippen LogP contribution in [-0.4, -0.2) is 42.3 Å². The molecule has 0 saturated carbocycles. The number of aryl methyl sites for hydroxylation is 1. The van der Waals surface area contributed by atoms with Crippen LogP contribution in [0.15, 0.2) is 18.2 Å². The van der Waals surface area contributed by atoms with E-state index in [1.807, 2.05) is 6.92 Å². The Bertz CT molecular complexity index is 654. The van der Waals surface area contributed by atoms with Gasteiger partial charge in [0.25, 0.3) is 5.91 Å². The quantitative estimate of drug-likeness (QED) is 0.532. The molecule has 6 heteroatoms. The molecule has 0 spiro atoms. The highest BCUT2D eigenvalue weighted by atomic mass is 16.2. The summed E-state index contributed by atoms with van der Waals surface area (Å²) in [4.78, 5) is 36.2. The third-order valence-electron chi connectivity index (χ3n) is 3.04. The van der Waals surface area contributed by atoms with Gasteiger partial charge in [0.2, 0.25) is 11.8 Å². The Morgan fingerprint density at radius 3 is 2.62 bits per heavy atom. The van der Waals surface area contributed by atoms with Gasteiger partial charge >= 0.3 is 0 Å². The highest BCUT2D eigenvalue weighted by Gasteiger charge is 2.27. The first kappa shape index (κ1) is 14.8. The van der Waals surface area contributed by atoms with Crippen molar-refractivity contribution in [2.75, 3.05) is 19.6 Å². The van der Waals surface area contributed by atoms with E-state index in [1.54, 1.807) is 18.2 Å². The Kier molecular flexibility index (Phi) is 4.36. The van der Waals surface area contributed by atoms with E-state index >= 15 is 0 Å². The van der Waals surface area contributed by atoms with E-state index in [0.717, 1.165) is 5.56 Å². The molecule has 21 heavy (non-hydrogen) atoms. The molecular weight excluding hydrogens is 270 g/mol. The summed E-state index contributed by atoms with van der Waals surface area (Å²) < 4.78 is 0. The summed E-state index contributed by atoms with van der Waals surface area (Å²) in [5.41, 5.74) is 7.37. The summed E-state index contributed by atoms with van der Waals surface area (Å²) in [5, 5.41) is 2.16. The molecule has 1 fully saturated rings. The van der Waals surface area contributed by atoms with Gasteiger partial charge in [0.1, 0.15) is 13.1 Å². The average Bonchev–Trinajstić information content (AvgIpc) is 2.44. The lowest BCUT2D eigenvalue weighted by Gasteiger charge is -2.25. The van der Waals surface area contributed by atoms with Crippen LogP contribution in [0.1, 0.15) is 21.5 Å². The van der Waals surface area contributed by atoms with Crippen molar-refractivity contribution >= 4 is 17.7 Å². The van der Waals surface area contributed by atoms with Gasteiger partial charge in [-0.1, -0.05) is 17.9 Å². The SMILES string of the molecule is Cc1ccc(C(=O)N2CC(=O)NC(=O)C2)cc1C#CCN. The normalized spacial score (nSPS) is 14.3. The predicted octanol–water partition coefficient (Wildman–Crippen LogP) is -0.596. The van der Waals surface area contributed by atoms with Gasteiger partial charge in [-0.3, -0.25) is 19.7 Å². The lowest BCUT2D eigenvalue weighted by Crippen LogP contribution is -2.53. The zero-order valence-corrected chi connectivity index (χ0v) is 11.6. The second-order valence-corrected chi connectivity index (χ2v) is 4.67. The van der Waals surface area contributed by atoms with Crippen LogP contribution < -0.4 is 11.1 Å². The molecule has 1 aliphatic heterocycles. The lowest BCUT2D eigenvalue weighted by atomic mass is 10.0. The Morgan fingerprint density at radius 1 is 1.33 bits per heavy atom. The monoisotopic (exact) mass is 285 g/mol. The minimum absolute atomic E-state index is 0.123. The minimum Gasteiger partial charge on any atom is -0.320 e. The molecule has 0 unspecified atom stereocenters. The topological polar surface area (TPSA) is 92.5 Å². The number of amides is 3. The number of hydrogen-bond acceptors (Lipinski definition) is 4. The Balaban J connectivity index is 2.27. The van der Waals surface area contributed by atoms with E-state index in [2.05, 4.69) is 17.2 Å². The zero-order valence-electron chi connectivity index (χ0n) is 11.6. The molecule has 0 bridgehead atoms. The minimum atomic E-state index is -0.477. The van der Waals surface area contributed by atoms with Crippen molar-refractivity contribution in [3.05, 3.63) is 34.9 Å². The molecule has 3 amide bonds. The molecule has 108 valence electrons. The second kappa shape index (κ2) is 6.20. The number of nitrogens with zero attached hydrogens (tertiary/aromatic N) is 1. The van der Waals surface area contributed by atoms with Gasteiger partial charge in [-0.05, 0) is 24.6 Å². The Labute approximate surface area is 122 Å². The van der Waals surface area contributed by atoms with Crippen LogP contribution in [0.4, 0.5) is 0 Å². The fourth-order valence-electron chi connectivity index (χ4n) is 2.00. The molecule has 3 N–H and O–H groups in total. The third-order valence-corrected chi connectivity index (χ3v) is 3.04. The van der Waals surface area contributed by atoms with Crippen molar-refractivity contribution in [3.63, 3.8) is 0 Å². The van der Waals surface area contributed by atoms with Crippen LogP contribution in [0.2, 0.25) is 0 Å². The number of rotatable bonds is 1. The number of imide groups is 1. The summed E-state index contributed by atoms with van der Waals surface area (Å²) in [6.45, 7) is 1.87. The van der Waals surface area contributed by atoms with Crippen molar-refractivity contribution in [1.29, 1.82) is 0 Å². The summed E-state index contributed by atoms with van der Waals surface area (Å²) >= 11 is 0. The van der Waals surface area contributed by atoms with Gasteiger partial charge in [-0.2, -0.15) is 0 Å². The highest BCUT2D eigenvalue weighted by Crippen LogP contribution is 2.13. The molecule has 0 aromatic heterocycles. The van der Waals surface area contributed by atoms with E-state index in [0.29, 0.717) is 11.1 Å². The maximum atomic E-state index is 12.3. The van der Waals surface area contributed by atoms with Crippen LogP contribution in [0, 0.1) is 18.8 Å². The van der Waals surface area contributed by atoms with Gasteiger partial charge in [0, 0.05) is 11.1 Å². The zero-order chi connectivity index (χ0) is 15.4. The summed E-state index contributed by atoms with van der Waals surface area (Å²) in [7, 11) is 0. The number of nitrogens with two attached hydrogens (primary N) is 1. The third kappa shape index (κ3) is 3.46. The van der Waals surface area contributed by atoms with Crippen molar-refractivity contribution in [2.24, 2.45) is 5.73 Å². The summed E-state index contributed by atoms with van der Waals surface area (Å²) in [5.74, 6) is 4.32. The number of piperazine rings is 1. The van der Waals surface area contributed by atoms with Crippen LogP contribution in [0.5, 0.6) is 0 Å². The van der Waals surface area contributed by atoms with Gasteiger partial charge < -0.3 is 10.6 Å². The molecule has 0 radical (unpaired) electrons. The molecule has 0 aliphatic carbocycles. The molecule has 6 nitrogen and oxygen atoms in total. The van der Waals surface area contributed by atoms with E-state index in [4.69, 9.17) is 5.73 Å². The van der Waals surface area contributed by atoms with Crippen LogP contribution in [-0.2, 0) is 9.59 Å². The lowest BCUT2D eigenvalue weighted by molar-refractivity contribution is -0.135.